The van der Waals surface area contributed by atoms with Crippen LogP contribution in [0, 0.1) is 5.92 Å². The number of aryl methyl sites for hydroxylation is 1. The van der Waals surface area contributed by atoms with E-state index in [1.54, 1.807) is 11.3 Å². The van der Waals surface area contributed by atoms with Gasteiger partial charge in [-0.15, -0.1) is 11.3 Å². The maximum atomic E-state index is 11.9. The molecule has 0 atom stereocenters. The zero-order valence-corrected chi connectivity index (χ0v) is 12.5. The number of rotatable bonds is 6. The number of hydrogen-bond donors (Lipinski definition) is 0. The van der Waals surface area contributed by atoms with Crippen molar-refractivity contribution < 1.29 is 4.79 Å². The van der Waals surface area contributed by atoms with Crippen molar-refractivity contribution in [2.45, 2.75) is 40.2 Å². The molecule has 0 aliphatic rings. The summed E-state index contributed by atoms with van der Waals surface area (Å²) < 4.78 is 2.03. The molecule has 0 fully saturated rings. The van der Waals surface area contributed by atoms with Gasteiger partial charge >= 0.3 is 0 Å². The number of hydrogen-bond acceptors (Lipinski definition) is 3. The predicted octanol–water partition coefficient (Wildman–Crippen LogP) is 3.78. The summed E-state index contributed by atoms with van der Waals surface area (Å²) in [7, 11) is 0. The van der Waals surface area contributed by atoms with E-state index in [0.717, 1.165) is 30.6 Å². The Morgan fingerprint density at radius 1 is 1.47 bits per heavy atom. The summed E-state index contributed by atoms with van der Waals surface area (Å²) in [6.45, 7) is 6.76. The lowest BCUT2D eigenvalue weighted by molar-refractivity contribution is 0.0939. The molecule has 2 aromatic heterocycles. The molecule has 0 saturated heterocycles. The van der Waals surface area contributed by atoms with Gasteiger partial charge in [0.1, 0.15) is 0 Å². The molecule has 0 spiro atoms. The molecule has 0 N–H and O–H groups in total. The first-order chi connectivity index (χ1) is 9.10. The van der Waals surface area contributed by atoms with Gasteiger partial charge in [0.25, 0.3) is 0 Å². The number of ketones is 1. The molecule has 4 heteroatoms. The van der Waals surface area contributed by atoms with Crippen LogP contribution in [0.3, 0.4) is 0 Å². The molecule has 0 bridgehead atoms. The van der Waals surface area contributed by atoms with Gasteiger partial charge in [-0.05, 0) is 18.9 Å². The molecule has 2 aromatic rings. The third-order valence-corrected chi connectivity index (χ3v) is 3.92. The zero-order chi connectivity index (χ0) is 13.8. The Morgan fingerprint density at radius 2 is 2.26 bits per heavy atom. The third kappa shape index (κ3) is 3.53. The summed E-state index contributed by atoms with van der Waals surface area (Å²) in [6.07, 6.45) is 6.05. The highest BCUT2D eigenvalue weighted by Gasteiger charge is 2.12. The first-order valence-corrected chi connectivity index (χ1v) is 7.61. The lowest BCUT2D eigenvalue weighted by atomic mass is 10.0. The number of carbonyl (C=O) groups is 1. The highest BCUT2D eigenvalue weighted by atomic mass is 32.1. The minimum Gasteiger partial charge on any atom is -0.348 e. The van der Waals surface area contributed by atoms with Crippen LogP contribution in [0.15, 0.2) is 23.8 Å². The van der Waals surface area contributed by atoms with Gasteiger partial charge in [-0.1, -0.05) is 20.8 Å². The second-order valence-corrected chi connectivity index (χ2v) is 6.02. The monoisotopic (exact) mass is 276 g/mol. The van der Waals surface area contributed by atoms with Crippen molar-refractivity contribution in [1.29, 1.82) is 0 Å². The first-order valence-electron chi connectivity index (χ1n) is 6.73. The molecular formula is C15H20N2OS. The van der Waals surface area contributed by atoms with Crippen LogP contribution in [0.4, 0.5) is 0 Å². The fraction of sp³-hybridized carbons (Fsp3) is 0.467. The number of thiazole rings is 1. The third-order valence-electron chi connectivity index (χ3n) is 2.97. The van der Waals surface area contributed by atoms with Crippen molar-refractivity contribution in [3.8, 4) is 0 Å². The summed E-state index contributed by atoms with van der Waals surface area (Å²) in [5.41, 5.74) is 1.87. The van der Waals surface area contributed by atoms with Crippen LogP contribution in [0.25, 0.3) is 0 Å². The van der Waals surface area contributed by atoms with Crippen molar-refractivity contribution in [3.63, 3.8) is 0 Å². The molecule has 3 nitrogen and oxygen atoms in total. The van der Waals surface area contributed by atoms with Crippen LogP contribution < -0.4 is 0 Å². The summed E-state index contributed by atoms with van der Waals surface area (Å²) in [6, 6.07) is 1.89. The van der Waals surface area contributed by atoms with E-state index in [1.165, 1.54) is 5.01 Å². The van der Waals surface area contributed by atoms with Gasteiger partial charge in [-0.3, -0.25) is 4.79 Å². The molecule has 0 unspecified atom stereocenters. The Bertz CT molecular complexity index is 554. The zero-order valence-electron chi connectivity index (χ0n) is 11.7. The van der Waals surface area contributed by atoms with E-state index in [0.29, 0.717) is 0 Å². The van der Waals surface area contributed by atoms with E-state index in [1.807, 2.05) is 36.9 Å². The lowest BCUT2D eigenvalue weighted by Gasteiger charge is -2.01. The maximum absolute atomic E-state index is 11.9. The fourth-order valence-electron chi connectivity index (χ4n) is 1.96. The molecule has 0 radical (unpaired) electrons. The summed E-state index contributed by atoms with van der Waals surface area (Å²) in [5.74, 6) is 0.245. The molecule has 19 heavy (non-hydrogen) atoms. The second-order valence-electron chi connectivity index (χ2n) is 5.07. The van der Waals surface area contributed by atoms with Crippen LogP contribution in [0.5, 0.6) is 0 Å². The standard InChI is InChI=1S/C15H20N2OS/c1-4-5-14-16-13(10-19-14)9-17-7-6-12(8-17)15(18)11(2)3/h6-8,10-11H,4-5,9H2,1-3H3. The molecule has 0 aliphatic carbocycles. The van der Waals surface area contributed by atoms with Crippen LogP contribution in [0.1, 0.15) is 48.3 Å². The molecule has 0 saturated carbocycles. The van der Waals surface area contributed by atoms with Gasteiger partial charge in [0.15, 0.2) is 5.78 Å². The summed E-state index contributed by atoms with van der Waals surface area (Å²) in [5, 5.41) is 3.30. The average molecular weight is 276 g/mol. The van der Waals surface area contributed by atoms with Crippen molar-refractivity contribution in [2.24, 2.45) is 5.92 Å². The van der Waals surface area contributed by atoms with Crippen molar-refractivity contribution in [1.82, 2.24) is 9.55 Å². The molecule has 102 valence electrons. The number of nitrogens with zero attached hydrogens (tertiary/aromatic N) is 2. The van der Waals surface area contributed by atoms with Crippen LogP contribution >= 0.6 is 11.3 Å². The summed E-state index contributed by atoms with van der Waals surface area (Å²) >= 11 is 1.72. The van der Waals surface area contributed by atoms with Gasteiger partial charge < -0.3 is 4.57 Å². The Hall–Kier alpha value is -1.42. The van der Waals surface area contributed by atoms with Gasteiger partial charge in [-0.25, -0.2) is 4.98 Å². The van der Waals surface area contributed by atoms with E-state index in [2.05, 4.69) is 17.3 Å². The molecule has 2 heterocycles. The van der Waals surface area contributed by atoms with Gasteiger partial charge in [0, 0.05) is 29.3 Å². The van der Waals surface area contributed by atoms with E-state index >= 15 is 0 Å². The fourth-order valence-corrected chi connectivity index (χ4v) is 2.85. The Kier molecular flexibility index (Phi) is 4.53. The molecule has 0 aromatic carbocycles. The van der Waals surface area contributed by atoms with E-state index in [9.17, 15) is 4.79 Å². The Labute approximate surface area is 118 Å². The Morgan fingerprint density at radius 3 is 2.95 bits per heavy atom. The number of Topliss-reactive ketones (excluding diaryl/α,β-unsaturated/α-hetero) is 1. The minimum atomic E-state index is 0.0475. The molecule has 2 rings (SSSR count). The van der Waals surface area contributed by atoms with Crippen LogP contribution in [0.2, 0.25) is 0 Å². The largest absolute Gasteiger partial charge is 0.348 e. The highest BCUT2D eigenvalue weighted by molar-refractivity contribution is 7.09. The lowest BCUT2D eigenvalue weighted by Crippen LogP contribution is -2.06. The van der Waals surface area contributed by atoms with Gasteiger partial charge in [-0.2, -0.15) is 0 Å². The summed E-state index contributed by atoms with van der Waals surface area (Å²) in [4.78, 5) is 16.5. The van der Waals surface area contributed by atoms with Crippen molar-refractivity contribution in [2.75, 3.05) is 0 Å². The second kappa shape index (κ2) is 6.15. The minimum absolute atomic E-state index is 0.0475. The van der Waals surface area contributed by atoms with Crippen molar-refractivity contribution >= 4 is 17.1 Å². The molecular weight excluding hydrogens is 256 g/mol. The molecule has 0 amide bonds. The normalized spacial score (nSPS) is 11.2. The quantitative estimate of drug-likeness (QED) is 0.752. The molecule has 0 aliphatic heterocycles. The Balaban J connectivity index is 2.04. The topological polar surface area (TPSA) is 34.9 Å². The maximum Gasteiger partial charge on any atom is 0.166 e. The van der Waals surface area contributed by atoms with E-state index < -0.39 is 0 Å². The van der Waals surface area contributed by atoms with Crippen molar-refractivity contribution in [3.05, 3.63) is 40.1 Å². The average Bonchev–Trinajstić information content (AvgIpc) is 2.99. The predicted molar refractivity (Wildman–Crippen MR) is 78.8 cm³/mol. The van der Waals surface area contributed by atoms with Gasteiger partial charge in [0.05, 0.1) is 17.2 Å². The number of aromatic nitrogens is 2. The van der Waals surface area contributed by atoms with Gasteiger partial charge in [0.2, 0.25) is 0 Å². The van der Waals surface area contributed by atoms with Crippen LogP contribution in [-0.2, 0) is 13.0 Å². The first kappa shape index (κ1) is 14.0. The number of carbonyl (C=O) groups excluding carboxylic acids is 1. The van der Waals surface area contributed by atoms with E-state index in [4.69, 9.17) is 0 Å². The SMILES string of the molecule is CCCc1nc(Cn2ccc(C(=O)C(C)C)c2)cs1. The smallest absolute Gasteiger partial charge is 0.166 e. The van der Waals surface area contributed by atoms with E-state index in [-0.39, 0.29) is 11.7 Å². The van der Waals surface area contributed by atoms with Crippen LogP contribution in [-0.4, -0.2) is 15.3 Å². The highest BCUT2D eigenvalue weighted by Crippen LogP contribution is 2.14.